The first-order chi connectivity index (χ1) is 7.13. The van der Waals surface area contributed by atoms with Crippen LogP contribution >= 0.6 is 6.85 Å². The van der Waals surface area contributed by atoms with Crippen molar-refractivity contribution >= 4 is 24.9 Å². The van der Waals surface area contributed by atoms with Gasteiger partial charge in [0.2, 0.25) is 0 Å². The highest BCUT2D eigenvalue weighted by molar-refractivity contribution is 8.04. The third-order valence-electron chi connectivity index (χ3n) is 1.86. The van der Waals surface area contributed by atoms with E-state index in [1.807, 2.05) is 24.0 Å². The molecule has 0 heterocycles. The van der Waals surface area contributed by atoms with Crippen LogP contribution in [0.15, 0.2) is 29.4 Å². The second-order valence-electron chi connectivity index (χ2n) is 2.99. The van der Waals surface area contributed by atoms with Gasteiger partial charge >= 0.3 is 6.85 Å². The fraction of sp³-hybridized carbons (Fsp3) is 0.300. The van der Waals surface area contributed by atoms with E-state index in [-0.39, 0.29) is 5.75 Å². The van der Waals surface area contributed by atoms with E-state index in [0.29, 0.717) is 0 Å². The molecule has 0 spiro atoms. The number of phenolic OH excluding ortho intramolecular Hbond substituents is 1. The maximum Gasteiger partial charge on any atom is 0.309 e. The Hall–Kier alpha value is -0.990. The summed E-state index contributed by atoms with van der Waals surface area (Å²) in [5, 5.41) is 13.3. The van der Waals surface area contributed by atoms with Crippen molar-refractivity contribution < 1.29 is 5.11 Å². The normalized spacial score (nSPS) is 11.7. The van der Waals surface area contributed by atoms with Crippen molar-refractivity contribution in [1.29, 1.82) is 0 Å². The fourth-order valence-electron chi connectivity index (χ4n) is 0.973. The lowest BCUT2D eigenvalue weighted by molar-refractivity contribution is 0.475. The number of hydrogen-bond acceptors (Lipinski definition) is 3. The molecular formula is C10H14N2OPS+. The molecule has 15 heavy (non-hydrogen) atoms. The highest BCUT2D eigenvalue weighted by atomic mass is 32.4. The first-order valence-corrected chi connectivity index (χ1v) is 7.14. The summed E-state index contributed by atoms with van der Waals surface area (Å²) in [7, 11) is 1.89. The van der Waals surface area contributed by atoms with Crippen LogP contribution in [-0.2, 0) is 11.8 Å². The van der Waals surface area contributed by atoms with Gasteiger partial charge in [-0.2, -0.15) is 0 Å². The first kappa shape index (κ1) is 12.1. The Bertz CT molecular complexity index is 364. The highest BCUT2D eigenvalue weighted by Gasteiger charge is 2.10. The lowest BCUT2D eigenvalue weighted by Gasteiger charge is -2.00. The van der Waals surface area contributed by atoms with Gasteiger partial charge in [-0.05, 0) is 36.8 Å². The lowest BCUT2D eigenvalue weighted by atomic mass is 10.2. The lowest BCUT2D eigenvalue weighted by Crippen LogP contribution is -2.00. The quantitative estimate of drug-likeness (QED) is 0.500. The zero-order valence-electron chi connectivity index (χ0n) is 8.79. The van der Waals surface area contributed by atoms with Gasteiger partial charge < -0.3 is 5.11 Å². The van der Waals surface area contributed by atoms with E-state index in [1.54, 1.807) is 18.3 Å². The van der Waals surface area contributed by atoms with Crippen LogP contribution < -0.4 is 0 Å². The molecule has 0 saturated heterocycles. The molecule has 5 heteroatoms. The largest absolute Gasteiger partial charge is 0.508 e. The molecule has 1 aromatic carbocycles. The summed E-state index contributed by atoms with van der Waals surface area (Å²) in [6.45, 7) is 1.49. The van der Waals surface area contributed by atoms with Crippen molar-refractivity contribution in [3.63, 3.8) is 0 Å². The van der Waals surface area contributed by atoms with Crippen molar-refractivity contribution in [3.05, 3.63) is 29.8 Å². The van der Waals surface area contributed by atoms with Crippen molar-refractivity contribution in [2.75, 3.05) is 13.2 Å². The van der Waals surface area contributed by atoms with Gasteiger partial charge in [-0.15, -0.1) is 9.88 Å². The molecule has 1 rings (SSSR count). The number of aromatic hydroxyl groups is 1. The van der Waals surface area contributed by atoms with Crippen molar-refractivity contribution in [2.45, 2.75) is 6.92 Å². The average molecular weight is 241 g/mol. The van der Waals surface area contributed by atoms with Gasteiger partial charge in [-0.1, -0.05) is 0 Å². The molecule has 0 radical (unpaired) electrons. The third kappa shape index (κ3) is 3.94. The molecular weight excluding hydrogens is 227 g/mol. The van der Waals surface area contributed by atoms with Crippen LogP contribution in [0.5, 0.6) is 5.75 Å². The van der Waals surface area contributed by atoms with Gasteiger partial charge in [-0.25, -0.2) is 0 Å². The van der Waals surface area contributed by atoms with Gasteiger partial charge in [0.15, 0.2) is 11.8 Å². The van der Waals surface area contributed by atoms with Crippen LogP contribution in [-0.4, -0.2) is 29.3 Å². The van der Waals surface area contributed by atoms with Crippen LogP contribution in [0.2, 0.25) is 0 Å². The molecule has 0 amide bonds. The van der Waals surface area contributed by atoms with Crippen LogP contribution in [0.3, 0.4) is 0 Å². The van der Waals surface area contributed by atoms with E-state index in [0.717, 1.165) is 11.7 Å². The monoisotopic (exact) mass is 241 g/mol. The van der Waals surface area contributed by atoms with Crippen LogP contribution in [0.1, 0.15) is 12.5 Å². The number of hydrazone groups is 1. The molecule has 3 nitrogen and oxygen atoms in total. The van der Waals surface area contributed by atoms with Crippen LogP contribution in [0, 0.1) is 0 Å². The van der Waals surface area contributed by atoms with Crippen molar-refractivity contribution in [1.82, 2.24) is 4.78 Å². The number of phenols is 1. The molecule has 0 saturated carbocycles. The van der Waals surface area contributed by atoms with Crippen molar-refractivity contribution in [2.24, 2.45) is 5.10 Å². The molecule has 1 aromatic rings. The predicted molar refractivity (Wildman–Crippen MR) is 68.3 cm³/mol. The maximum absolute atomic E-state index is 9.09. The van der Waals surface area contributed by atoms with E-state index >= 15 is 0 Å². The summed E-state index contributed by atoms with van der Waals surface area (Å²) in [5.74, 6) is 0.264. The zero-order chi connectivity index (χ0) is 11.3. The SMILES string of the molecule is CC[P+](=S)N(C)/N=C\c1ccc(O)cc1. The minimum atomic E-state index is -0.573. The Labute approximate surface area is 95.9 Å². The standard InChI is InChI=1S/C10H13N2OPS/c1-3-14(15)12(2)11-8-9-4-6-10(13)7-5-9/h4-8H,3H2,1-2H3/p+1. The first-order valence-electron chi connectivity index (χ1n) is 4.64. The molecule has 0 aromatic heterocycles. The van der Waals surface area contributed by atoms with E-state index in [9.17, 15) is 0 Å². The molecule has 0 aliphatic carbocycles. The predicted octanol–water partition coefficient (Wildman–Crippen LogP) is 2.54. The van der Waals surface area contributed by atoms with Gasteiger partial charge in [0.05, 0.1) is 13.3 Å². The third-order valence-corrected chi connectivity index (χ3v) is 4.63. The van der Waals surface area contributed by atoms with Crippen molar-refractivity contribution in [3.8, 4) is 5.75 Å². The summed E-state index contributed by atoms with van der Waals surface area (Å²) in [6, 6.07) is 6.89. The Kier molecular flexibility index (Phi) is 4.66. The van der Waals surface area contributed by atoms with Gasteiger partial charge in [-0.3, -0.25) is 0 Å². The van der Waals surface area contributed by atoms with Gasteiger partial charge in [0, 0.05) is 0 Å². The second-order valence-corrected chi connectivity index (χ2v) is 6.17. The Morgan fingerprint density at radius 3 is 2.60 bits per heavy atom. The minimum Gasteiger partial charge on any atom is -0.508 e. The molecule has 0 bridgehead atoms. The summed E-state index contributed by atoms with van der Waals surface area (Å²) in [4.78, 5) is 0. The van der Waals surface area contributed by atoms with E-state index in [2.05, 4.69) is 12.0 Å². The zero-order valence-corrected chi connectivity index (χ0v) is 10.5. The summed E-state index contributed by atoms with van der Waals surface area (Å²) in [5.41, 5.74) is 0.953. The maximum atomic E-state index is 9.09. The number of benzene rings is 1. The number of hydrogen-bond donors (Lipinski definition) is 1. The second kappa shape index (κ2) is 5.79. The smallest absolute Gasteiger partial charge is 0.309 e. The minimum absolute atomic E-state index is 0.264. The Morgan fingerprint density at radius 1 is 1.47 bits per heavy atom. The summed E-state index contributed by atoms with van der Waals surface area (Å²) >= 11 is 5.23. The average Bonchev–Trinajstić information content (AvgIpc) is 2.26. The van der Waals surface area contributed by atoms with Gasteiger partial charge in [0.1, 0.15) is 11.9 Å². The topological polar surface area (TPSA) is 35.8 Å². The molecule has 1 N–H and O–H groups in total. The Morgan fingerprint density at radius 2 is 2.07 bits per heavy atom. The molecule has 80 valence electrons. The van der Waals surface area contributed by atoms with E-state index in [1.165, 1.54) is 0 Å². The number of rotatable bonds is 4. The van der Waals surface area contributed by atoms with Gasteiger partial charge in [0.25, 0.3) is 0 Å². The molecule has 0 fully saturated rings. The molecule has 0 aliphatic rings. The van der Waals surface area contributed by atoms with Crippen LogP contribution in [0.4, 0.5) is 0 Å². The van der Waals surface area contributed by atoms with Crippen LogP contribution in [0.25, 0.3) is 0 Å². The Balaban J connectivity index is 2.65. The van der Waals surface area contributed by atoms with E-state index < -0.39 is 6.85 Å². The summed E-state index contributed by atoms with van der Waals surface area (Å²) < 4.78 is 1.82. The van der Waals surface area contributed by atoms with E-state index in [4.69, 9.17) is 16.9 Å². The molecule has 1 unspecified atom stereocenters. The molecule has 1 atom stereocenters. The number of nitrogens with zero attached hydrogens (tertiary/aromatic N) is 2. The molecule has 0 aliphatic heterocycles. The summed E-state index contributed by atoms with van der Waals surface area (Å²) in [6.07, 6.45) is 2.70. The fourth-order valence-corrected chi connectivity index (χ4v) is 1.68. The highest BCUT2D eigenvalue weighted by Crippen LogP contribution is 2.24.